The number of carbonyl (C=O) groups excluding carboxylic acids is 1. The quantitative estimate of drug-likeness (QED) is 0.363. The molecule has 0 aliphatic carbocycles. The van der Waals surface area contributed by atoms with Gasteiger partial charge in [0.05, 0.1) is 5.69 Å². The highest BCUT2D eigenvalue weighted by atomic mass is 32.1. The number of rotatable bonds is 5. The molecule has 0 saturated heterocycles. The average Bonchev–Trinajstić information content (AvgIpc) is 3.25. The van der Waals surface area contributed by atoms with Gasteiger partial charge >= 0.3 is 5.97 Å². The highest BCUT2D eigenvalue weighted by Gasteiger charge is 2.09. The second kappa shape index (κ2) is 8.02. The predicted octanol–water partition coefficient (Wildman–Crippen LogP) is 5.48. The zero-order valence-corrected chi connectivity index (χ0v) is 15.9. The minimum atomic E-state index is -0.352. The van der Waals surface area contributed by atoms with Gasteiger partial charge in [-0.05, 0) is 42.6 Å². The Morgan fingerprint density at radius 3 is 2.46 bits per heavy atom. The van der Waals surface area contributed by atoms with E-state index in [1.54, 1.807) is 18.2 Å². The first-order chi connectivity index (χ1) is 13.7. The molecular weight excluding hydrogens is 370 g/mol. The van der Waals surface area contributed by atoms with Crippen molar-refractivity contribution in [2.75, 3.05) is 5.32 Å². The van der Waals surface area contributed by atoms with Crippen molar-refractivity contribution < 1.29 is 9.53 Å². The number of thiophene rings is 1. The molecule has 4 aromatic rings. The van der Waals surface area contributed by atoms with Crippen LogP contribution in [0, 0.1) is 6.92 Å². The second-order valence-electron chi connectivity index (χ2n) is 6.07. The summed E-state index contributed by atoms with van der Waals surface area (Å²) in [6.45, 7) is 1.87. The summed E-state index contributed by atoms with van der Waals surface area (Å²) >= 11 is 1.35. The van der Waals surface area contributed by atoms with Crippen LogP contribution in [0.1, 0.15) is 15.5 Å². The molecule has 0 radical (unpaired) electrons. The van der Waals surface area contributed by atoms with Crippen LogP contribution in [-0.2, 0) is 0 Å². The molecule has 0 spiro atoms. The van der Waals surface area contributed by atoms with Gasteiger partial charge in [0.1, 0.15) is 22.3 Å². The fourth-order valence-electron chi connectivity index (χ4n) is 2.69. The summed E-state index contributed by atoms with van der Waals surface area (Å²) in [5.74, 6) is 1.53. The Morgan fingerprint density at radius 1 is 0.964 bits per heavy atom. The van der Waals surface area contributed by atoms with E-state index < -0.39 is 0 Å². The highest BCUT2D eigenvalue weighted by molar-refractivity contribution is 7.12. The smallest absolute Gasteiger partial charge is 0.353 e. The van der Waals surface area contributed by atoms with E-state index in [0.29, 0.717) is 22.3 Å². The molecule has 2 aromatic carbocycles. The molecule has 5 nitrogen and oxygen atoms in total. The third kappa shape index (κ3) is 4.24. The van der Waals surface area contributed by atoms with Crippen LogP contribution in [0.25, 0.3) is 11.3 Å². The van der Waals surface area contributed by atoms with Gasteiger partial charge in [-0.15, -0.1) is 11.3 Å². The number of benzene rings is 2. The number of hydrogen-bond donors (Lipinski definition) is 1. The SMILES string of the molecule is Cc1nc(Nc2ccc(OC(=O)c3cccs3)cc2)cc(-c2ccccc2)n1. The maximum Gasteiger partial charge on any atom is 0.353 e. The molecular formula is C22H17N3O2S. The molecule has 138 valence electrons. The summed E-state index contributed by atoms with van der Waals surface area (Å²) in [4.78, 5) is 21.6. The van der Waals surface area contributed by atoms with Gasteiger partial charge in [-0.25, -0.2) is 14.8 Å². The molecule has 2 aromatic heterocycles. The Hall–Kier alpha value is -3.51. The number of carbonyl (C=O) groups is 1. The highest BCUT2D eigenvalue weighted by Crippen LogP contribution is 2.24. The van der Waals surface area contributed by atoms with E-state index in [1.807, 2.05) is 66.9 Å². The molecule has 0 aliphatic rings. The summed E-state index contributed by atoms with van der Waals surface area (Å²) in [6, 6.07) is 22.6. The van der Waals surface area contributed by atoms with Gasteiger partial charge in [-0.3, -0.25) is 0 Å². The molecule has 4 rings (SSSR count). The van der Waals surface area contributed by atoms with Crippen LogP contribution in [0.2, 0.25) is 0 Å². The van der Waals surface area contributed by atoms with Gasteiger partial charge in [0.15, 0.2) is 0 Å². The topological polar surface area (TPSA) is 64.1 Å². The number of esters is 1. The minimum Gasteiger partial charge on any atom is -0.422 e. The van der Waals surface area contributed by atoms with E-state index in [0.717, 1.165) is 16.9 Å². The van der Waals surface area contributed by atoms with E-state index in [4.69, 9.17) is 4.74 Å². The molecule has 1 N–H and O–H groups in total. The first kappa shape index (κ1) is 17.9. The molecule has 0 saturated carbocycles. The lowest BCUT2D eigenvalue weighted by molar-refractivity contribution is 0.0740. The maximum absolute atomic E-state index is 12.0. The number of hydrogen-bond acceptors (Lipinski definition) is 6. The lowest BCUT2D eigenvalue weighted by Gasteiger charge is -2.10. The maximum atomic E-state index is 12.0. The summed E-state index contributed by atoms with van der Waals surface area (Å²) in [5.41, 5.74) is 2.73. The zero-order chi connectivity index (χ0) is 19.3. The fourth-order valence-corrected chi connectivity index (χ4v) is 3.29. The number of nitrogens with zero attached hydrogens (tertiary/aromatic N) is 2. The minimum absolute atomic E-state index is 0.352. The van der Waals surface area contributed by atoms with Crippen molar-refractivity contribution in [2.24, 2.45) is 0 Å². The van der Waals surface area contributed by atoms with Gasteiger partial charge in [-0.1, -0.05) is 36.4 Å². The van der Waals surface area contributed by atoms with Crippen LogP contribution in [0.5, 0.6) is 5.75 Å². The summed E-state index contributed by atoms with van der Waals surface area (Å²) < 4.78 is 5.38. The van der Waals surface area contributed by atoms with Gasteiger partial charge in [-0.2, -0.15) is 0 Å². The van der Waals surface area contributed by atoms with Gasteiger partial charge in [0, 0.05) is 17.3 Å². The average molecular weight is 387 g/mol. The third-order valence-electron chi connectivity index (χ3n) is 3.97. The van der Waals surface area contributed by atoms with E-state index in [2.05, 4.69) is 15.3 Å². The van der Waals surface area contributed by atoms with Crippen molar-refractivity contribution in [3.05, 3.63) is 88.9 Å². The summed E-state index contributed by atoms with van der Waals surface area (Å²) in [6.07, 6.45) is 0. The molecule has 0 bridgehead atoms. The molecule has 0 aliphatic heterocycles. The van der Waals surface area contributed by atoms with Crippen molar-refractivity contribution in [3.8, 4) is 17.0 Å². The predicted molar refractivity (Wildman–Crippen MR) is 111 cm³/mol. The molecule has 6 heteroatoms. The molecule has 0 amide bonds. The van der Waals surface area contributed by atoms with Crippen molar-refractivity contribution in [2.45, 2.75) is 6.92 Å². The summed E-state index contributed by atoms with van der Waals surface area (Å²) in [7, 11) is 0. The number of aryl methyl sites for hydroxylation is 1. The lowest BCUT2D eigenvalue weighted by atomic mass is 10.1. The van der Waals surface area contributed by atoms with Crippen LogP contribution < -0.4 is 10.1 Å². The van der Waals surface area contributed by atoms with Crippen LogP contribution in [0.4, 0.5) is 11.5 Å². The molecule has 0 unspecified atom stereocenters. The fraction of sp³-hybridized carbons (Fsp3) is 0.0455. The Labute approximate surface area is 166 Å². The Balaban J connectivity index is 1.49. The van der Waals surface area contributed by atoms with Gasteiger partial charge in [0.2, 0.25) is 0 Å². The molecule has 28 heavy (non-hydrogen) atoms. The first-order valence-corrected chi connectivity index (χ1v) is 9.59. The second-order valence-corrected chi connectivity index (χ2v) is 7.02. The largest absolute Gasteiger partial charge is 0.422 e. The molecule has 0 atom stereocenters. The normalized spacial score (nSPS) is 10.5. The van der Waals surface area contributed by atoms with Crippen LogP contribution >= 0.6 is 11.3 Å². The summed E-state index contributed by atoms with van der Waals surface area (Å²) in [5, 5.41) is 5.12. The Morgan fingerprint density at radius 2 is 1.75 bits per heavy atom. The number of ether oxygens (including phenoxy) is 1. The number of nitrogens with one attached hydrogen (secondary N) is 1. The Bertz CT molecular complexity index is 1080. The zero-order valence-electron chi connectivity index (χ0n) is 15.1. The van der Waals surface area contributed by atoms with Crippen molar-refractivity contribution in [1.82, 2.24) is 9.97 Å². The third-order valence-corrected chi connectivity index (χ3v) is 4.82. The first-order valence-electron chi connectivity index (χ1n) is 8.71. The Kier molecular flexibility index (Phi) is 5.12. The molecule has 0 fully saturated rings. The van der Waals surface area contributed by atoms with Gasteiger partial charge < -0.3 is 10.1 Å². The monoisotopic (exact) mass is 387 g/mol. The van der Waals surface area contributed by atoms with E-state index in [1.165, 1.54) is 11.3 Å². The van der Waals surface area contributed by atoms with Gasteiger partial charge in [0.25, 0.3) is 0 Å². The van der Waals surface area contributed by atoms with E-state index >= 15 is 0 Å². The van der Waals surface area contributed by atoms with Crippen molar-refractivity contribution >= 4 is 28.8 Å². The van der Waals surface area contributed by atoms with Crippen LogP contribution in [0.15, 0.2) is 78.2 Å². The standard InChI is InChI=1S/C22H17N3O2S/c1-15-23-19(16-6-3-2-4-7-16)14-21(24-15)25-17-9-11-18(12-10-17)27-22(26)20-8-5-13-28-20/h2-14H,1H3,(H,23,24,25). The molecule has 2 heterocycles. The number of anilines is 2. The van der Waals surface area contributed by atoms with Crippen molar-refractivity contribution in [1.29, 1.82) is 0 Å². The lowest BCUT2D eigenvalue weighted by Crippen LogP contribution is -2.06. The van der Waals surface area contributed by atoms with E-state index in [-0.39, 0.29) is 5.97 Å². The van der Waals surface area contributed by atoms with Crippen LogP contribution in [-0.4, -0.2) is 15.9 Å². The number of aromatic nitrogens is 2. The van der Waals surface area contributed by atoms with E-state index in [9.17, 15) is 4.79 Å². The van der Waals surface area contributed by atoms with Crippen molar-refractivity contribution in [3.63, 3.8) is 0 Å². The van der Waals surface area contributed by atoms with Crippen LogP contribution in [0.3, 0.4) is 0 Å².